The average Bonchev–Trinajstić information content (AvgIpc) is 2.86. The highest BCUT2D eigenvalue weighted by Gasteiger charge is 2.16. The monoisotopic (exact) mass is 371 g/mol. The fourth-order valence-corrected chi connectivity index (χ4v) is 3.61. The molecule has 26 heavy (non-hydrogen) atoms. The van der Waals surface area contributed by atoms with Gasteiger partial charge in [0.15, 0.2) is 0 Å². The first kappa shape index (κ1) is 18.1. The number of hydrogen-bond acceptors (Lipinski definition) is 4. The lowest BCUT2D eigenvalue weighted by molar-refractivity contribution is -0.115. The number of hydrogen-bond donors (Lipinski definition) is 1. The van der Waals surface area contributed by atoms with Crippen LogP contribution in [0.4, 0.5) is 5.69 Å². The van der Waals surface area contributed by atoms with E-state index in [4.69, 9.17) is 4.74 Å². The van der Waals surface area contributed by atoms with Crippen molar-refractivity contribution in [3.05, 3.63) is 52.9 Å². The lowest BCUT2D eigenvalue weighted by atomic mass is 10.2. The number of carbonyl (C=O) groups is 1. The van der Waals surface area contributed by atoms with Gasteiger partial charge >= 0.3 is 5.69 Å². The van der Waals surface area contributed by atoms with E-state index in [0.29, 0.717) is 5.69 Å². The summed E-state index contributed by atoms with van der Waals surface area (Å²) in [5.41, 5.74) is 2.19. The molecule has 7 heteroatoms. The van der Waals surface area contributed by atoms with E-state index in [1.54, 1.807) is 30.3 Å². The molecule has 0 bridgehead atoms. The Bertz CT molecular complexity index is 1010. The molecule has 136 valence electrons. The van der Waals surface area contributed by atoms with E-state index in [1.807, 2.05) is 49.4 Å². The topological polar surface area (TPSA) is 65.3 Å². The molecular weight excluding hydrogens is 350 g/mol. The Morgan fingerprint density at radius 2 is 1.73 bits per heavy atom. The number of aryl methyl sites for hydroxylation is 2. The third-order valence-electron chi connectivity index (χ3n) is 4.28. The van der Waals surface area contributed by atoms with E-state index < -0.39 is 0 Å². The highest BCUT2D eigenvalue weighted by molar-refractivity contribution is 8.00. The van der Waals surface area contributed by atoms with Crippen LogP contribution in [-0.4, -0.2) is 27.4 Å². The van der Waals surface area contributed by atoms with Crippen LogP contribution in [0, 0.1) is 0 Å². The van der Waals surface area contributed by atoms with Crippen molar-refractivity contribution < 1.29 is 9.53 Å². The maximum Gasteiger partial charge on any atom is 0.328 e. The number of benzene rings is 2. The minimum Gasteiger partial charge on any atom is -0.497 e. The third kappa shape index (κ3) is 3.48. The minimum absolute atomic E-state index is 0.0908. The summed E-state index contributed by atoms with van der Waals surface area (Å²) in [7, 11) is 5.08. The number of imidazole rings is 1. The van der Waals surface area contributed by atoms with Crippen LogP contribution in [0.15, 0.2) is 52.2 Å². The molecule has 0 spiro atoms. The molecule has 0 aliphatic heterocycles. The van der Waals surface area contributed by atoms with Gasteiger partial charge in [0.2, 0.25) is 5.91 Å². The van der Waals surface area contributed by atoms with Crippen molar-refractivity contribution in [1.29, 1.82) is 0 Å². The first-order chi connectivity index (χ1) is 12.4. The van der Waals surface area contributed by atoms with Gasteiger partial charge in [-0.15, -0.1) is 11.8 Å². The van der Waals surface area contributed by atoms with Gasteiger partial charge in [-0.05, 0) is 49.4 Å². The number of rotatable bonds is 5. The Balaban J connectivity index is 1.73. The van der Waals surface area contributed by atoms with E-state index in [1.165, 1.54) is 11.8 Å². The van der Waals surface area contributed by atoms with E-state index in [9.17, 15) is 9.59 Å². The van der Waals surface area contributed by atoms with Gasteiger partial charge in [0, 0.05) is 24.7 Å². The molecule has 1 amide bonds. The van der Waals surface area contributed by atoms with Gasteiger partial charge in [-0.3, -0.25) is 13.9 Å². The zero-order valence-corrected chi connectivity index (χ0v) is 16.0. The van der Waals surface area contributed by atoms with Crippen LogP contribution >= 0.6 is 11.8 Å². The van der Waals surface area contributed by atoms with Crippen molar-refractivity contribution in [3.8, 4) is 5.75 Å². The molecule has 0 radical (unpaired) electrons. The summed E-state index contributed by atoms with van der Waals surface area (Å²) >= 11 is 1.48. The minimum atomic E-state index is -0.265. The Hall–Kier alpha value is -2.67. The predicted molar refractivity (Wildman–Crippen MR) is 105 cm³/mol. The van der Waals surface area contributed by atoms with Crippen molar-refractivity contribution >= 4 is 34.4 Å². The van der Waals surface area contributed by atoms with Gasteiger partial charge in [-0.1, -0.05) is 0 Å². The molecule has 3 rings (SSSR count). The molecule has 0 unspecified atom stereocenters. The molecule has 3 aromatic rings. The van der Waals surface area contributed by atoms with Crippen LogP contribution in [-0.2, 0) is 18.9 Å². The summed E-state index contributed by atoms with van der Waals surface area (Å²) in [5, 5.41) is 2.66. The van der Waals surface area contributed by atoms with Crippen LogP contribution in [0.3, 0.4) is 0 Å². The van der Waals surface area contributed by atoms with Gasteiger partial charge < -0.3 is 10.1 Å². The van der Waals surface area contributed by atoms with E-state index in [0.717, 1.165) is 21.7 Å². The summed E-state index contributed by atoms with van der Waals surface area (Å²) in [5.74, 6) is 0.694. The van der Waals surface area contributed by atoms with E-state index >= 15 is 0 Å². The highest BCUT2D eigenvalue weighted by atomic mass is 32.2. The van der Waals surface area contributed by atoms with E-state index in [2.05, 4.69) is 5.32 Å². The zero-order chi connectivity index (χ0) is 18.8. The summed E-state index contributed by atoms with van der Waals surface area (Å²) in [6.07, 6.45) is 0. The molecule has 0 aliphatic carbocycles. The predicted octanol–water partition coefficient (Wildman–Crippen LogP) is 3.00. The number of thioether (sulfide) groups is 1. The lowest BCUT2D eigenvalue weighted by Gasteiger charge is -2.12. The molecule has 6 nitrogen and oxygen atoms in total. The largest absolute Gasteiger partial charge is 0.497 e. The second kappa shape index (κ2) is 7.29. The third-order valence-corrected chi connectivity index (χ3v) is 5.39. The van der Waals surface area contributed by atoms with E-state index in [-0.39, 0.29) is 16.8 Å². The molecule has 1 aromatic heterocycles. The summed E-state index contributed by atoms with van der Waals surface area (Å²) in [4.78, 5) is 25.5. The fraction of sp³-hybridized carbons (Fsp3) is 0.263. The molecule has 1 atom stereocenters. The number of nitrogens with zero attached hydrogens (tertiary/aromatic N) is 2. The van der Waals surface area contributed by atoms with Crippen LogP contribution in [0.2, 0.25) is 0 Å². The molecule has 1 heterocycles. The number of fused-ring (bicyclic) bond motifs is 1. The van der Waals surface area contributed by atoms with Crippen LogP contribution in [0.1, 0.15) is 6.92 Å². The number of anilines is 1. The van der Waals surface area contributed by atoms with Crippen molar-refractivity contribution in [2.45, 2.75) is 17.1 Å². The molecule has 2 aromatic carbocycles. The number of amides is 1. The van der Waals surface area contributed by atoms with Gasteiger partial charge in [0.05, 0.1) is 23.4 Å². The number of methoxy groups -OCH3 is 1. The normalized spacial score (nSPS) is 12.2. The highest BCUT2D eigenvalue weighted by Crippen LogP contribution is 2.26. The molecule has 1 N–H and O–H groups in total. The molecule has 0 aliphatic rings. The van der Waals surface area contributed by atoms with Crippen molar-refractivity contribution in [2.75, 3.05) is 12.4 Å². The second-order valence-electron chi connectivity index (χ2n) is 6.03. The number of ether oxygens (including phenoxy) is 1. The Kier molecular flexibility index (Phi) is 5.08. The first-order valence-corrected chi connectivity index (χ1v) is 9.05. The summed E-state index contributed by atoms with van der Waals surface area (Å²) in [6.45, 7) is 1.86. The number of aromatic nitrogens is 2. The van der Waals surface area contributed by atoms with Crippen LogP contribution in [0.5, 0.6) is 5.75 Å². The quantitative estimate of drug-likeness (QED) is 0.700. The second-order valence-corrected chi connectivity index (χ2v) is 7.44. The van der Waals surface area contributed by atoms with Crippen molar-refractivity contribution in [2.24, 2.45) is 14.1 Å². The smallest absolute Gasteiger partial charge is 0.328 e. The standard InChI is InChI=1S/C19H21N3O3S/c1-12(26-15-8-6-14(25-4)7-9-15)18(23)20-13-5-10-16-17(11-13)22(3)19(24)21(16)2/h5-12H,1-4H3,(H,20,23)/t12-/m0/s1. The van der Waals surface area contributed by atoms with Crippen LogP contribution in [0.25, 0.3) is 11.0 Å². The van der Waals surface area contributed by atoms with Crippen LogP contribution < -0.4 is 15.7 Å². The van der Waals surface area contributed by atoms with Crippen molar-refractivity contribution in [1.82, 2.24) is 9.13 Å². The van der Waals surface area contributed by atoms with Gasteiger partial charge in [0.1, 0.15) is 5.75 Å². The molecular formula is C19H21N3O3S. The number of carbonyl (C=O) groups excluding carboxylic acids is 1. The molecule has 0 saturated carbocycles. The SMILES string of the molecule is COc1ccc(S[C@@H](C)C(=O)Nc2ccc3c(c2)n(C)c(=O)n3C)cc1. The molecule has 0 fully saturated rings. The fourth-order valence-electron chi connectivity index (χ4n) is 2.74. The summed E-state index contributed by atoms with van der Waals surface area (Å²) in [6, 6.07) is 13.1. The molecule has 0 saturated heterocycles. The Morgan fingerprint density at radius 3 is 2.38 bits per heavy atom. The zero-order valence-electron chi connectivity index (χ0n) is 15.1. The van der Waals surface area contributed by atoms with Crippen molar-refractivity contribution in [3.63, 3.8) is 0 Å². The van der Waals surface area contributed by atoms with Gasteiger partial charge in [-0.2, -0.15) is 0 Å². The van der Waals surface area contributed by atoms with Gasteiger partial charge in [0.25, 0.3) is 0 Å². The first-order valence-electron chi connectivity index (χ1n) is 8.17. The maximum atomic E-state index is 12.5. The summed E-state index contributed by atoms with van der Waals surface area (Å²) < 4.78 is 8.30. The lowest BCUT2D eigenvalue weighted by Crippen LogP contribution is -2.22. The van der Waals surface area contributed by atoms with Gasteiger partial charge in [-0.25, -0.2) is 4.79 Å². The maximum absolute atomic E-state index is 12.5. The Morgan fingerprint density at radius 1 is 1.08 bits per heavy atom. The average molecular weight is 371 g/mol. The number of nitrogens with one attached hydrogen (secondary N) is 1. The Labute approximate surface area is 155 Å².